The van der Waals surface area contributed by atoms with Gasteiger partial charge in [-0.3, -0.25) is 0 Å². The molecule has 2 aromatic carbocycles. The van der Waals surface area contributed by atoms with Gasteiger partial charge in [-0.15, -0.1) is 0 Å². The third-order valence-electron chi connectivity index (χ3n) is 4.61. The maximum Gasteiger partial charge on any atom is 0.212 e. The van der Waals surface area contributed by atoms with Crippen LogP contribution in [0.5, 0.6) is 5.75 Å². The summed E-state index contributed by atoms with van der Waals surface area (Å²) in [5.74, 6) is 0.899. The molecule has 0 fully saturated rings. The summed E-state index contributed by atoms with van der Waals surface area (Å²) in [5, 5.41) is 2.52. The van der Waals surface area contributed by atoms with Gasteiger partial charge in [0.05, 0.1) is 23.2 Å². The normalized spacial score (nSPS) is 14.4. The Morgan fingerprint density at radius 2 is 1.96 bits per heavy atom. The molecule has 0 aliphatic carbocycles. The second-order valence-electron chi connectivity index (χ2n) is 6.06. The predicted octanol–water partition coefficient (Wildman–Crippen LogP) is 1.61. The molecule has 0 saturated carbocycles. The van der Waals surface area contributed by atoms with Crippen molar-refractivity contribution in [2.45, 2.75) is 11.8 Å². The molecule has 0 amide bonds. The first-order chi connectivity index (χ1) is 12.2. The number of nitrogens with zero attached hydrogens (tertiary/aromatic N) is 2. The number of methoxy groups -OCH3 is 1. The van der Waals surface area contributed by atoms with Crippen LogP contribution in [0.25, 0.3) is 17.0 Å². The number of hydrogen-bond acceptors (Lipinski definition) is 3. The first kappa shape index (κ1) is 19.0. The molecule has 0 N–H and O–H groups in total. The van der Waals surface area contributed by atoms with Crippen molar-refractivity contribution < 1.29 is 33.3 Å². The lowest BCUT2D eigenvalue weighted by molar-refractivity contribution is -0.644. The summed E-state index contributed by atoms with van der Waals surface area (Å²) in [6, 6.07) is 17.0. The Balaban J connectivity index is 0.00000196. The van der Waals surface area contributed by atoms with Crippen molar-refractivity contribution in [3.8, 4) is 5.75 Å². The molecule has 3 aromatic rings. The minimum absolute atomic E-state index is 0. The molecular weight excluding hydrogens is 455 g/mol. The highest BCUT2D eigenvalue weighted by Crippen LogP contribution is 2.48. The zero-order valence-corrected chi connectivity index (χ0v) is 18.0. The van der Waals surface area contributed by atoms with Crippen LogP contribution in [0.15, 0.2) is 64.7 Å². The van der Waals surface area contributed by atoms with Gasteiger partial charge in [-0.2, -0.15) is 0 Å². The van der Waals surface area contributed by atoms with Gasteiger partial charge in [0, 0.05) is 29.6 Å². The van der Waals surface area contributed by atoms with Crippen LogP contribution < -0.4 is 38.2 Å². The van der Waals surface area contributed by atoms with E-state index in [1.165, 1.54) is 32.1 Å². The third kappa shape index (κ3) is 3.30. The van der Waals surface area contributed by atoms with Crippen LogP contribution in [0.3, 0.4) is 0 Å². The Labute approximate surface area is 175 Å². The van der Waals surface area contributed by atoms with Crippen molar-refractivity contribution in [3.63, 3.8) is 0 Å². The van der Waals surface area contributed by atoms with Crippen molar-refractivity contribution in [1.29, 1.82) is 0 Å². The molecule has 3 nitrogen and oxygen atoms in total. The molecule has 0 bridgehead atoms. The fourth-order valence-corrected chi connectivity index (χ4v) is 4.45. The number of aromatic nitrogens is 1. The largest absolute Gasteiger partial charge is 1.00 e. The summed E-state index contributed by atoms with van der Waals surface area (Å²) >= 11 is 1.82. The van der Waals surface area contributed by atoms with Crippen LogP contribution in [-0.2, 0) is 7.05 Å². The number of rotatable bonds is 3. The first-order valence-corrected chi connectivity index (χ1v) is 9.25. The molecule has 0 unspecified atom stereocenters. The van der Waals surface area contributed by atoms with Crippen molar-refractivity contribution in [2.24, 2.45) is 7.05 Å². The van der Waals surface area contributed by atoms with Gasteiger partial charge in [0.25, 0.3) is 0 Å². The molecule has 0 atom stereocenters. The minimum atomic E-state index is 0. The predicted molar refractivity (Wildman–Crippen MR) is 105 cm³/mol. The minimum Gasteiger partial charge on any atom is -1.00 e. The Bertz CT molecular complexity index is 987. The number of anilines is 1. The number of hydrogen-bond donors (Lipinski definition) is 0. The molecule has 134 valence electrons. The van der Waals surface area contributed by atoms with E-state index in [1.54, 1.807) is 7.11 Å². The summed E-state index contributed by atoms with van der Waals surface area (Å²) in [7, 11) is 3.80. The Morgan fingerprint density at radius 1 is 1.15 bits per heavy atom. The van der Waals surface area contributed by atoms with E-state index in [9.17, 15) is 0 Å². The number of ether oxygens (including phenoxy) is 1. The topological polar surface area (TPSA) is 16.4 Å². The Kier molecular flexibility index (Phi) is 5.77. The Hall–Kier alpha value is -1.73. The summed E-state index contributed by atoms with van der Waals surface area (Å²) in [4.78, 5) is 3.63. The van der Waals surface area contributed by atoms with Gasteiger partial charge in [-0.05, 0) is 36.8 Å². The summed E-state index contributed by atoms with van der Waals surface area (Å²) in [6.07, 6.45) is 4.42. The van der Waals surface area contributed by atoms with Crippen molar-refractivity contribution in [3.05, 3.63) is 65.3 Å². The fraction of sp³-hybridized carbons (Fsp3) is 0.190. The smallest absolute Gasteiger partial charge is 0.212 e. The zero-order valence-electron chi connectivity index (χ0n) is 15.1. The van der Waals surface area contributed by atoms with Crippen molar-refractivity contribution in [2.75, 3.05) is 18.6 Å². The van der Waals surface area contributed by atoms with E-state index in [-0.39, 0.29) is 24.0 Å². The molecule has 1 aliphatic heterocycles. The first-order valence-electron chi connectivity index (χ1n) is 8.43. The van der Waals surface area contributed by atoms with Gasteiger partial charge < -0.3 is 33.6 Å². The Morgan fingerprint density at radius 3 is 2.73 bits per heavy atom. The highest BCUT2D eigenvalue weighted by atomic mass is 127. The number of fused-ring (bicyclic) bond motifs is 2. The van der Waals surface area contributed by atoms with Crippen LogP contribution in [-0.4, -0.2) is 13.7 Å². The lowest BCUT2D eigenvalue weighted by atomic mass is 10.1. The van der Waals surface area contributed by atoms with Crippen LogP contribution in [0.4, 0.5) is 5.69 Å². The maximum absolute atomic E-state index is 5.40. The van der Waals surface area contributed by atoms with Gasteiger partial charge in [0.1, 0.15) is 12.8 Å². The molecule has 1 aromatic heterocycles. The zero-order chi connectivity index (χ0) is 17.4. The number of para-hydroxylation sites is 1. The fourth-order valence-electron chi connectivity index (χ4n) is 3.29. The van der Waals surface area contributed by atoms with E-state index < -0.39 is 0 Å². The average molecular weight is 476 g/mol. The summed E-state index contributed by atoms with van der Waals surface area (Å²) in [6.45, 7) is 3.11. The monoisotopic (exact) mass is 476 g/mol. The number of thioether (sulfide) groups is 1. The van der Waals surface area contributed by atoms with Crippen LogP contribution in [0.1, 0.15) is 12.5 Å². The highest BCUT2D eigenvalue weighted by molar-refractivity contribution is 8.03. The van der Waals surface area contributed by atoms with E-state index in [0.717, 1.165) is 12.3 Å². The van der Waals surface area contributed by atoms with E-state index in [2.05, 4.69) is 78.2 Å². The van der Waals surface area contributed by atoms with E-state index in [1.807, 2.05) is 17.8 Å². The lowest BCUT2D eigenvalue weighted by Crippen LogP contribution is -3.00. The van der Waals surface area contributed by atoms with Gasteiger partial charge in [-0.25, -0.2) is 4.57 Å². The molecule has 0 spiro atoms. The molecule has 0 saturated heterocycles. The number of halogens is 1. The molecule has 0 radical (unpaired) electrons. The quantitative estimate of drug-likeness (QED) is 0.423. The SMILES string of the molecule is CCN1/C(=C/c2cc[n+](C)c3ccccc23)Sc2ccc(OC)cc21.[I-]. The number of aryl methyl sites for hydroxylation is 1. The summed E-state index contributed by atoms with van der Waals surface area (Å²) < 4.78 is 7.56. The summed E-state index contributed by atoms with van der Waals surface area (Å²) in [5.41, 5.74) is 3.71. The average Bonchev–Trinajstić information content (AvgIpc) is 3.00. The van der Waals surface area contributed by atoms with E-state index in [4.69, 9.17) is 4.74 Å². The maximum atomic E-state index is 5.40. The molecule has 5 heteroatoms. The number of pyridine rings is 1. The van der Waals surface area contributed by atoms with Gasteiger partial charge in [-0.1, -0.05) is 23.9 Å². The third-order valence-corrected chi connectivity index (χ3v) is 5.72. The highest BCUT2D eigenvalue weighted by Gasteiger charge is 2.25. The lowest BCUT2D eigenvalue weighted by Gasteiger charge is -2.18. The second kappa shape index (κ2) is 7.88. The van der Waals surface area contributed by atoms with Crippen LogP contribution >= 0.6 is 11.8 Å². The van der Waals surface area contributed by atoms with Crippen LogP contribution in [0.2, 0.25) is 0 Å². The standard InChI is InChI=1S/C21H21N2OS.HI/c1-4-23-19-14-16(24-3)9-10-20(19)25-21(23)13-15-11-12-22(2)18-8-6-5-7-17(15)18;/h5-14H,4H2,1-3H3;1H/q+1;/p-1. The van der Waals surface area contributed by atoms with E-state index >= 15 is 0 Å². The molecule has 26 heavy (non-hydrogen) atoms. The number of benzene rings is 2. The molecule has 1 aliphatic rings. The van der Waals surface area contributed by atoms with Crippen molar-refractivity contribution >= 4 is 34.4 Å². The van der Waals surface area contributed by atoms with Crippen molar-refractivity contribution in [1.82, 2.24) is 0 Å². The van der Waals surface area contributed by atoms with Gasteiger partial charge in [0.2, 0.25) is 5.52 Å². The van der Waals surface area contributed by atoms with Crippen LogP contribution in [0, 0.1) is 0 Å². The molecular formula is C21H21IN2OS. The van der Waals surface area contributed by atoms with Gasteiger partial charge >= 0.3 is 0 Å². The molecule has 4 rings (SSSR count). The molecule has 2 heterocycles. The van der Waals surface area contributed by atoms with E-state index in [0.29, 0.717) is 0 Å². The second-order valence-corrected chi connectivity index (χ2v) is 7.12. The van der Waals surface area contributed by atoms with Gasteiger partial charge in [0.15, 0.2) is 6.20 Å².